The van der Waals surface area contributed by atoms with E-state index < -0.39 is 5.97 Å². The highest BCUT2D eigenvalue weighted by atomic mass is 35.5. The minimum atomic E-state index is -0.887. The molecule has 1 heterocycles. The molecule has 0 aliphatic heterocycles. The molecule has 18 heavy (non-hydrogen) atoms. The summed E-state index contributed by atoms with van der Waals surface area (Å²) in [4.78, 5) is 10.6. The number of nitrogens with zero attached hydrogens (tertiary/aromatic N) is 3. The standard InChI is InChI=1S/C11H10ClN3O2S/c1-7-4-8(12)2-3-9(7)15-6-13-14-11(15)18-5-10(16)17/h2-4,6H,5H2,1H3,(H,16,17). The second-order valence-corrected chi connectivity index (χ2v) is 4.98. The zero-order valence-corrected chi connectivity index (χ0v) is 11.1. The fourth-order valence-corrected chi connectivity index (χ4v) is 2.37. The number of hydrogen-bond donors (Lipinski definition) is 1. The predicted octanol–water partition coefficient (Wildman–Crippen LogP) is 2.41. The molecule has 0 amide bonds. The number of benzene rings is 1. The lowest BCUT2D eigenvalue weighted by Crippen LogP contribution is -2.02. The van der Waals surface area contributed by atoms with Gasteiger partial charge in [-0.1, -0.05) is 23.4 Å². The zero-order valence-electron chi connectivity index (χ0n) is 9.50. The summed E-state index contributed by atoms with van der Waals surface area (Å²) in [5.41, 5.74) is 1.86. The smallest absolute Gasteiger partial charge is 0.313 e. The first-order valence-corrected chi connectivity index (χ1v) is 6.45. The number of aryl methyl sites for hydroxylation is 1. The van der Waals surface area contributed by atoms with Crippen LogP contribution in [0.3, 0.4) is 0 Å². The Morgan fingerprint density at radius 3 is 3.00 bits per heavy atom. The topological polar surface area (TPSA) is 68.0 Å². The molecule has 7 heteroatoms. The summed E-state index contributed by atoms with van der Waals surface area (Å²) in [6.07, 6.45) is 1.56. The maximum Gasteiger partial charge on any atom is 0.313 e. The number of aliphatic carboxylic acids is 1. The van der Waals surface area contributed by atoms with Crippen LogP contribution >= 0.6 is 23.4 Å². The summed E-state index contributed by atoms with van der Waals surface area (Å²) in [5.74, 6) is -0.937. The first-order chi connectivity index (χ1) is 8.58. The van der Waals surface area contributed by atoms with Crippen molar-refractivity contribution in [3.05, 3.63) is 35.1 Å². The highest BCUT2D eigenvalue weighted by Crippen LogP contribution is 2.23. The monoisotopic (exact) mass is 283 g/mol. The van der Waals surface area contributed by atoms with Crippen LogP contribution in [0.5, 0.6) is 0 Å². The van der Waals surface area contributed by atoms with Crippen LogP contribution in [0.2, 0.25) is 5.02 Å². The van der Waals surface area contributed by atoms with Crippen molar-refractivity contribution in [1.82, 2.24) is 14.8 Å². The average Bonchev–Trinajstić information content (AvgIpc) is 2.74. The van der Waals surface area contributed by atoms with E-state index in [1.54, 1.807) is 17.0 Å². The van der Waals surface area contributed by atoms with Crippen molar-refractivity contribution in [1.29, 1.82) is 0 Å². The van der Waals surface area contributed by atoms with E-state index in [0.29, 0.717) is 10.2 Å². The van der Waals surface area contributed by atoms with Gasteiger partial charge in [-0.3, -0.25) is 9.36 Å². The normalized spacial score (nSPS) is 10.6. The van der Waals surface area contributed by atoms with E-state index >= 15 is 0 Å². The SMILES string of the molecule is Cc1cc(Cl)ccc1-n1cnnc1SCC(=O)O. The molecule has 2 aromatic rings. The molecule has 1 aromatic heterocycles. The van der Waals surface area contributed by atoms with Crippen LogP contribution in [0.1, 0.15) is 5.56 Å². The van der Waals surface area contributed by atoms with Crippen LogP contribution in [0.15, 0.2) is 29.7 Å². The average molecular weight is 284 g/mol. The lowest BCUT2D eigenvalue weighted by molar-refractivity contribution is -0.133. The minimum absolute atomic E-state index is 0.0503. The van der Waals surface area contributed by atoms with Crippen molar-refractivity contribution in [3.8, 4) is 5.69 Å². The summed E-state index contributed by atoms with van der Waals surface area (Å²) in [6, 6.07) is 5.46. The van der Waals surface area contributed by atoms with Gasteiger partial charge in [0.15, 0.2) is 5.16 Å². The van der Waals surface area contributed by atoms with Crippen LogP contribution in [0, 0.1) is 6.92 Å². The quantitative estimate of drug-likeness (QED) is 0.873. The minimum Gasteiger partial charge on any atom is -0.481 e. The molecule has 0 bridgehead atoms. The number of carbonyl (C=O) groups is 1. The van der Waals surface area contributed by atoms with Crippen LogP contribution in [0.4, 0.5) is 0 Å². The molecule has 0 saturated heterocycles. The second-order valence-electron chi connectivity index (χ2n) is 3.60. The number of hydrogen-bond acceptors (Lipinski definition) is 4. The van der Waals surface area contributed by atoms with Crippen LogP contribution in [-0.2, 0) is 4.79 Å². The molecule has 0 unspecified atom stereocenters. The molecule has 2 rings (SSSR count). The fourth-order valence-electron chi connectivity index (χ4n) is 1.50. The van der Waals surface area contributed by atoms with Crippen molar-refractivity contribution in [2.75, 3.05) is 5.75 Å². The van der Waals surface area contributed by atoms with E-state index in [-0.39, 0.29) is 5.75 Å². The van der Waals surface area contributed by atoms with Gasteiger partial charge in [0.1, 0.15) is 6.33 Å². The lowest BCUT2D eigenvalue weighted by Gasteiger charge is -2.08. The Hall–Kier alpha value is -1.53. The first kappa shape index (κ1) is 12.9. The molecule has 0 spiro atoms. The van der Waals surface area contributed by atoms with Crippen molar-refractivity contribution < 1.29 is 9.90 Å². The van der Waals surface area contributed by atoms with E-state index in [1.165, 1.54) is 0 Å². The van der Waals surface area contributed by atoms with Gasteiger partial charge in [-0.25, -0.2) is 0 Å². The molecule has 5 nitrogen and oxygen atoms in total. The van der Waals surface area contributed by atoms with E-state index in [1.807, 2.05) is 19.1 Å². The largest absolute Gasteiger partial charge is 0.481 e. The maximum absolute atomic E-state index is 10.6. The van der Waals surface area contributed by atoms with Gasteiger partial charge >= 0.3 is 5.97 Å². The fraction of sp³-hybridized carbons (Fsp3) is 0.182. The summed E-state index contributed by atoms with van der Waals surface area (Å²) < 4.78 is 1.75. The summed E-state index contributed by atoms with van der Waals surface area (Å²) in [7, 11) is 0. The van der Waals surface area contributed by atoms with E-state index in [2.05, 4.69) is 10.2 Å². The summed E-state index contributed by atoms with van der Waals surface area (Å²) in [5, 5.41) is 17.6. The molecule has 0 atom stereocenters. The van der Waals surface area contributed by atoms with Gasteiger partial charge in [-0.05, 0) is 30.7 Å². The third-order valence-electron chi connectivity index (χ3n) is 2.26. The Kier molecular flexibility index (Phi) is 3.88. The Morgan fingerprint density at radius 2 is 2.33 bits per heavy atom. The number of carboxylic acids is 1. The third kappa shape index (κ3) is 2.83. The first-order valence-electron chi connectivity index (χ1n) is 5.09. The molecule has 0 radical (unpaired) electrons. The summed E-state index contributed by atoms with van der Waals surface area (Å²) in [6.45, 7) is 1.92. The van der Waals surface area contributed by atoms with Crippen LogP contribution < -0.4 is 0 Å². The Bertz CT molecular complexity index is 585. The van der Waals surface area contributed by atoms with Gasteiger partial charge in [0, 0.05) is 5.02 Å². The zero-order chi connectivity index (χ0) is 13.1. The van der Waals surface area contributed by atoms with Gasteiger partial charge in [0.05, 0.1) is 11.4 Å². The number of aromatic nitrogens is 3. The van der Waals surface area contributed by atoms with Crippen LogP contribution in [-0.4, -0.2) is 31.6 Å². The number of thioether (sulfide) groups is 1. The van der Waals surface area contributed by atoms with Gasteiger partial charge in [-0.2, -0.15) is 0 Å². The molecular formula is C11H10ClN3O2S. The molecular weight excluding hydrogens is 274 g/mol. The van der Waals surface area contributed by atoms with Gasteiger partial charge in [0.25, 0.3) is 0 Å². The predicted molar refractivity (Wildman–Crippen MR) is 69.5 cm³/mol. The molecule has 0 aliphatic rings. The third-order valence-corrected chi connectivity index (χ3v) is 3.42. The van der Waals surface area contributed by atoms with Gasteiger partial charge in [-0.15, -0.1) is 10.2 Å². The van der Waals surface area contributed by atoms with E-state index in [4.69, 9.17) is 16.7 Å². The molecule has 0 fully saturated rings. The molecule has 1 N–H and O–H groups in total. The van der Waals surface area contributed by atoms with E-state index in [9.17, 15) is 4.79 Å². The molecule has 0 saturated carbocycles. The number of halogens is 1. The van der Waals surface area contributed by atoms with Crippen molar-refractivity contribution in [2.45, 2.75) is 12.1 Å². The second kappa shape index (κ2) is 5.41. The Balaban J connectivity index is 2.33. The summed E-state index contributed by atoms with van der Waals surface area (Å²) >= 11 is 7.02. The van der Waals surface area contributed by atoms with Gasteiger partial charge in [0.2, 0.25) is 0 Å². The molecule has 0 aliphatic carbocycles. The van der Waals surface area contributed by atoms with Crippen molar-refractivity contribution >= 4 is 29.3 Å². The van der Waals surface area contributed by atoms with Gasteiger partial charge < -0.3 is 5.11 Å². The number of rotatable bonds is 4. The molecule has 1 aromatic carbocycles. The van der Waals surface area contributed by atoms with Crippen LogP contribution in [0.25, 0.3) is 5.69 Å². The Morgan fingerprint density at radius 1 is 1.56 bits per heavy atom. The Labute approximate surface area is 113 Å². The number of carboxylic acid groups (broad SMARTS) is 1. The highest BCUT2D eigenvalue weighted by Gasteiger charge is 2.11. The van der Waals surface area contributed by atoms with E-state index in [0.717, 1.165) is 23.0 Å². The van der Waals surface area contributed by atoms with Crippen molar-refractivity contribution in [2.24, 2.45) is 0 Å². The lowest BCUT2D eigenvalue weighted by atomic mass is 10.2. The molecule has 94 valence electrons. The van der Waals surface area contributed by atoms with Crippen molar-refractivity contribution in [3.63, 3.8) is 0 Å². The highest BCUT2D eigenvalue weighted by molar-refractivity contribution is 7.99. The maximum atomic E-state index is 10.6.